The van der Waals surface area contributed by atoms with Gasteiger partial charge in [0.15, 0.2) is 0 Å². The number of ether oxygens (including phenoxy) is 2. The number of piperidine rings is 3. The summed E-state index contributed by atoms with van der Waals surface area (Å²) in [5.41, 5.74) is 2.08. The van der Waals surface area contributed by atoms with E-state index in [1.807, 2.05) is 12.1 Å². The molecule has 0 aliphatic carbocycles. The number of aromatic nitrogens is 2. The van der Waals surface area contributed by atoms with Crippen LogP contribution in [0.4, 0.5) is 0 Å². The van der Waals surface area contributed by atoms with E-state index in [9.17, 15) is 0 Å². The number of imidazole rings is 1. The molecule has 6 rings (SSSR count). The summed E-state index contributed by atoms with van der Waals surface area (Å²) in [7, 11) is 1.68. The highest BCUT2D eigenvalue weighted by Crippen LogP contribution is 2.45. The van der Waals surface area contributed by atoms with Crippen molar-refractivity contribution >= 4 is 11.0 Å². The first-order valence-corrected chi connectivity index (χ1v) is 7.73. The zero-order chi connectivity index (χ0) is 14.0. The average molecular weight is 285 g/mol. The summed E-state index contributed by atoms with van der Waals surface area (Å²) < 4.78 is 13.9. The van der Waals surface area contributed by atoms with Crippen LogP contribution in [0, 0.1) is 5.92 Å². The van der Waals surface area contributed by atoms with Crippen molar-refractivity contribution in [2.45, 2.75) is 25.0 Å². The minimum atomic E-state index is -0.0348. The maximum absolute atomic E-state index is 6.40. The van der Waals surface area contributed by atoms with Crippen molar-refractivity contribution in [1.82, 2.24) is 14.5 Å². The SMILES string of the molecule is COc1ccc2c(c1)nc1n2C[C@]2(CN3CCC2CC3)O1. The average Bonchev–Trinajstić information content (AvgIpc) is 3.01. The van der Waals surface area contributed by atoms with E-state index in [2.05, 4.69) is 20.5 Å². The second kappa shape index (κ2) is 3.91. The predicted molar refractivity (Wildman–Crippen MR) is 78.8 cm³/mol. The van der Waals surface area contributed by atoms with Crippen molar-refractivity contribution in [3.63, 3.8) is 0 Å². The Hall–Kier alpha value is -1.75. The first kappa shape index (κ1) is 11.9. The van der Waals surface area contributed by atoms with E-state index >= 15 is 0 Å². The largest absolute Gasteiger partial charge is 0.497 e. The lowest BCUT2D eigenvalue weighted by molar-refractivity contribution is -0.0831. The number of rotatable bonds is 1. The molecule has 110 valence electrons. The lowest BCUT2D eigenvalue weighted by Gasteiger charge is -2.50. The van der Waals surface area contributed by atoms with Crippen LogP contribution in [-0.2, 0) is 6.54 Å². The summed E-state index contributed by atoms with van der Waals surface area (Å²) >= 11 is 0. The molecule has 2 aromatic rings. The van der Waals surface area contributed by atoms with Crippen LogP contribution in [0.15, 0.2) is 18.2 Å². The molecule has 21 heavy (non-hydrogen) atoms. The lowest BCUT2D eigenvalue weighted by Crippen LogP contribution is -2.61. The Morgan fingerprint density at radius 2 is 2.14 bits per heavy atom. The van der Waals surface area contributed by atoms with Gasteiger partial charge in [0, 0.05) is 18.5 Å². The van der Waals surface area contributed by atoms with Gasteiger partial charge in [-0.1, -0.05) is 0 Å². The Labute approximate surface area is 123 Å². The van der Waals surface area contributed by atoms with Gasteiger partial charge in [-0.15, -0.1) is 0 Å². The van der Waals surface area contributed by atoms with Crippen LogP contribution in [0.25, 0.3) is 11.0 Å². The Balaban J connectivity index is 1.56. The third kappa shape index (κ3) is 1.52. The number of nitrogens with zero attached hydrogens (tertiary/aromatic N) is 3. The molecule has 0 unspecified atom stereocenters. The summed E-state index contributed by atoms with van der Waals surface area (Å²) in [6, 6.07) is 6.85. The van der Waals surface area contributed by atoms with E-state index < -0.39 is 0 Å². The van der Waals surface area contributed by atoms with Crippen LogP contribution in [0.1, 0.15) is 12.8 Å². The van der Waals surface area contributed by atoms with Crippen LogP contribution in [0.5, 0.6) is 11.8 Å². The summed E-state index contributed by atoms with van der Waals surface area (Å²) in [6.45, 7) is 4.46. The molecule has 3 saturated heterocycles. The van der Waals surface area contributed by atoms with E-state index in [1.54, 1.807) is 7.11 Å². The molecule has 0 saturated carbocycles. The third-order valence-electron chi connectivity index (χ3n) is 5.46. The van der Waals surface area contributed by atoms with Crippen LogP contribution < -0.4 is 9.47 Å². The summed E-state index contributed by atoms with van der Waals surface area (Å²) in [5.74, 6) is 1.52. The minimum absolute atomic E-state index is 0.0348. The zero-order valence-electron chi connectivity index (χ0n) is 12.2. The summed E-state index contributed by atoms with van der Waals surface area (Å²) in [5, 5.41) is 0. The fourth-order valence-corrected chi connectivity index (χ4v) is 4.35. The van der Waals surface area contributed by atoms with E-state index in [0.29, 0.717) is 5.92 Å². The standard InChI is InChI=1S/C16H19N3O2/c1-20-12-2-3-14-13(8-12)17-15-19(14)10-16(21-15)9-18-6-4-11(16)5-7-18/h2-3,8,11H,4-7,9-10H2,1H3/t16-/m0/s1. The van der Waals surface area contributed by atoms with E-state index in [-0.39, 0.29) is 5.60 Å². The highest BCUT2D eigenvalue weighted by molar-refractivity contribution is 5.78. The molecule has 0 radical (unpaired) electrons. The van der Waals surface area contributed by atoms with Crippen LogP contribution in [0.3, 0.4) is 0 Å². The van der Waals surface area contributed by atoms with Gasteiger partial charge in [0.1, 0.15) is 11.4 Å². The molecule has 5 heterocycles. The lowest BCUT2D eigenvalue weighted by atomic mass is 9.75. The Morgan fingerprint density at radius 3 is 2.86 bits per heavy atom. The Morgan fingerprint density at radius 1 is 1.29 bits per heavy atom. The second-order valence-electron chi connectivity index (χ2n) is 6.55. The predicted octanol–water partition coefficient (Wildman–Crippen LogP) is 1.90. The number of benzene rings is 1. The van der Waals surface area contributed by atoms with Gasteiger partial charge in [0.2, 0.25) is 0 Å². The fourth-order valence-electron chi connectivity index (χ4n) is 4.35. The molecule has 1 spiro atoms. The van der Waals surface area contributed by atoms with Gasteiger partial charge in [-0.2, -0.15) is 4.98 Å². The van der Waals surface area contributed by atoms with Crippen molar-refractivity contribution in [2.24, 2.45) is 5.92 Å². The van der Waals surface area contributed by atoms with Crippen LogP contribution in [-0.4, -0.2) is 46.8 Å². The molecular weight excluding hydrogens is 266 g/mol. The second-order valence-corrected chi connectivity index (χ2v) is 6.55. The highest BCUT2D eigenvalue weighted by atomic mass is 16.5. The van der Waals surface area contributed by atoms with Gasteiger partial charge >= 0.3 is 0 Å². The zero-order valence-corrected chi connectivity index (χ0v) is 12.2. The third-order valence-corrected chi connectivity index (χ3v) is 5.46. The molecule has 1 aromatic heterocycles. The maximum atomic E-state index is 6.40. The van der Waals surface area contributed by atoms with Gasteiger partial charge < -0.3 is 9.47 Å². The van der Waals surface area contributed by atoms with Crippen LogP contribution >= 0.6 is 0 Å². The molecule has 0 amide bonds. The van der Waals surface area contributed by atoms with Crippen molar-refractivity contribution in [3.8, 4) is 11.8 Å². The molecule has 2 bridgehead atoms. The molecular formula is C16H19N3O2. The number of hydrogen-bond acceptors (Lipinski definition) is 4. The molecule has 4 aliphatic heterocycles. The molecule has 4 aliphatic rings. The minimum Gasteiger partial charge on any atom is -0.497 e. The molecule has 3 fully saturated rings. The van der Waals surface area contributed by atoms with Gasteiger partial charge in [-0.3, -0.25) is 9.47 Å². The maximum Gasteiger partial charge on any atom is 0.298 e. The van der Waals surface area contributed by atoms with Crippen molar-refractivity contribution in [2.75, 3.05) is 26.7 Å². The van der Waals surface area contributed by atoms with Gasteiger partial charge in [-0.25, -0.2) is 0 Å². The smallest absolute Gasteiger partial charge is 0.298 e. The Bertz CT molecular complexity index is 718. The first-order chi connectivity index (χ1) is 10.3. The van der Waals surface area contributed by atoms with Gasteiger partial charge in [0.25, 0.3) is 6.01 Å². The Kier molecular flexibility index (Phi) is 2.21. The molecule has 5 nitrogen and oxygen atoms in total. The molecule has 1 atom stereocenters. The monoisotopic (exact) mass is 285 g/mol. The van der Waals surface area contributed by atoms with Crippen molar-refractivity contribution in [1.29, 1.82) is 0 Å². The topological polar surface area (TPSA) is 39.5 Å². The molecule has 0 N–H and O–H groups in total. The molecule has 1 aromatic carbocycles. The normalized spacial score (nSPS) is 33.4. The van der Waals surface area contributed by atoms with E-state index in [0.717, 1.165) is 35.9 Å². The highest BCUT2D eigenvalue weighted by Gasteiger charge is 2.53. The number of hydrogen-bond donors (Lipinski definition) is 0. The number of fused-ring (bicyclic) bond motifs is 5. The fraction of sp³-hybridized carbons (Fsp3) is 0.562. The van der Waals surface area contributed by atoms with E-state index in [4.69, 9.17) is 9.47 Å². The van der Waals surface area contributed by atoms with E-state index in [1.165, 1.54) is 25.9 Å². The summed E-state index contributed by atoms with van der Waals surface area (Å²) in [6.07, 6.45) is 2.52. The number of methoxy groups -OCH3 is 1. The van der Waals surface area contributed by atoms with Gasteiger partial charge in [0.05, 0.1) is 24.7 Å². The van der Waals surface area contributed by atoms with Crippen molar-refractivity contribution < 1.29 is 9.47 Å². The van der Waals surface area contributed by atoms with Crippen molar-refractivity contribution in [3.05, 3.63) is 18.2 Å². The molecule has 5 heteroatoms. The van der Waals surface area contributed by atoms with Crippen LogP contribution in [0.2, 0.25) is 0 Å². The quantitative estimate of drug-likeness (QED) is 0.802. The van der Waals surface area contributed by atoms with Gasteiger partial charge in [-0.05, 0) is 38.1 Å². The summed E-state index contributed by atoms with van der Waals surface area (Å²) in [4.78, 5) is 7.22. The first-order valence-electron chi connectivity index (χ1n) is 7.73.